The van der Waals surface area contributed by atoms with Crippen LogP contribution < -0.4 is 5.32 Å². The molecule has 24 heavy (non-hydrogen) atoms. The van der Waals surface area contributed by atoms with Crippen LogP contribution in [0.3, 0.4) is 0 Å². The molecule has 2 heterocycles. The molecule has 5 heteroatoms. The standard InChI is InChI=1S/C19H28N2O3/c22-19(20-9-6-16-4-2-1-3-5-16)17-7-10-21(11-8-17)14-18-15-23-12-13-24-18/h1-5,17-18H,6-15H2,(H,20,22). The number of benzene rings is 1. The summed E-state index contributed by atoms with van der Waals surface area (Å²) in [5.41, 5.74) is 1.27. The average Bonchev–Trinajstić information content (AvgIpc) is 2.64. The highest BCUT2D eigenvalue weighted by Gasteiger charge is 2.26. The van der Waals surface area contributed by atoms with Gasteiger partial charge in [-0.05, 0) is 37.9 Å². The van der Waals surface area contributed by atoms with E-state index in [1.807, 2.05) is 18.2 Å². The van der Waals surface area contributed by atoms with Crippen molar-refractivity contribution >= 4 is 5.91 Å². The Balaban J connectivity index is 1.32. The van der Waals surface area contributed by atoms with Gasteiger partial charge in [0.05, 0.1) is 25.9 Å². The number of likely N-dealkylation sites (tertiary alicyclic amines) is 1. The molecule has 3 rings (SSSR count). The number of amides is 1. The van der Waals surface area contributed by atoms with Gasteiger partial charge in [0.25, 0.3) is 0 Å². The smallest absolute Gasteiger partial charge is 0.223 e. The van der Waals surface area contributed by atoms with Crippen LogP contribution in [0, 0.1) is 5.92 Å². The second-order valence-electron chi connectivity index (χ2n) is 6.67. The quantitative estimate of drug-likeness (QED) is 0.857. The van der Waals surface area contributed by atoms with Crippen molar-refractivity contribution < 1.29 is 14.3 Å². The van der Waals surface area contributed by atoms with Crippen molar-refractivity contribution in [2.24, 2.45) is 5.92 Å². The summed E-state index contributed by atoms with van der Waals surface area (Å²) in [7, 11) is 0. The third kappa shape index (κ3) is 5.30. The highest BCUT2D eigenvalue weighted by Crippen LogP contribution is 2.18. The maximum absolute atomic E-state index is 12.3. The van der Waals surface area contributed by atoms with Crippen molar-refractivity contribution in [1.82, 2.24) is 10.2 Å². The van der Waals surface area contributed by atoms with Crippen LogP contribution in [0.2, 0.25) is 0 Å². The maximum atomic E-state index is 12.3. The van der Waals surface area contributed by atoms with E-state index in [0.717, 1.165) is 45.4 Å². The summed E-state index contributed by atoms with van der Waals surface area (Å²) in [5.74, 6) is 0.364. The van der Waals surface area contributed by atoms with E-state index in [1.165, 1.54) is 5.56 Å². The third-order valence-electron chi connectivity index (χ3n) is 4.86. The van der Waals surface area contributed by atoms with Gasteiger partial charge in [0.1, 0.15) is 0 Å². The van der Waals surface area contributed by atoms with Crippen molar-refractivity contribution in [2.75, 3.05) is 46.0 Å². The Labute approximate surface area is 144 Å². The molecule has 0 aliphatic carbocycles. The first-order valence-corrected chi connectivity index (χ1v) is 9.04. The van der Waals surface area contributed by atoms with Crippen molar-refractivity contribution in [3.63, 3.8) is 0 Å². The molecular formula is C19H28N2O3. The van der Waals surface area contributed by atoms with E-state index in [2.05, 4.69) is 22.3 Å². The van der Waals surface area contributed by atoms with Crippen molar-refractivity contribution in [3.8, 4) is 0 Å². The van der Waals surface area contributed by atoms with E-state index in [0.29, 0.717) is 19.8 Å². The van der Waals surface area contributed by atoms with Crippen LogP contribution in [0.25, 0.3) is 0 Å². The SMILES string of the molecule is O=C(NCCc1ccccc1)C1CCN(CC2COCCO2)CC1. The molecule has 0 radical (unpaired) electrons. The molecule has 1 aromatic rings. The van der Waals surface area contributed by atoms with Gasteiger partial charge in [-0.25, -0.2) is 0 Å². The molecule has 5 nitrogen and oxygen atoms in total. The van der Waals surface area contributed by atoms with Gasteiger partial charge in [0.15, 0.2) is 0 Å². The van der Waals surface area contributed by atoms with Crippen LogP contribution in [-0.2, 0) is 20.7 Å². The van der Waals surface area contributed by atoms with Crippen LogP contribution in [0.5, 0.6) is 0 Å². The molecule has 132 valence electrons. The Morgan fingerprint density at radius 3 is 2.67 bits per heavy atom. The first kappa shape index (κ1) is 17.4. The Morgan fingerprint density at radius 1 is 1.17 bits per heavy atom. The van der Waals surface area contributed by atoms with E-state index in [-0.39, 0.29) is 17.9 Å². The first-order valence-electron chi connectivity index (χ1n) is 9.04. The zero-order chi connectivity index (χ0) is 16.6. The number of piperidine rings is 1. The summed E-state index contributed by atoms with van der Waals surface area (Å²) >= 11 is 0. The molecule has 1 aromatic carbocycles. The minimum atomic E-state index is 0.153. The summed E-state index contributed by atoms with van der Waals surface area (Å²) in [6.45, 7) is 5.68. The molecule has 2 fully saturated rings. The second-order valence-corrected chi connectivity index (χ2v) is 6.67. The second kappa shape index (κ2) is 9.16. The summed E-state index contributed by atoms with van der Waals surface area (Å²) in [5, 5.41) is 3.09. The Kier molecular flexibility index (Phi) is 6.64. The maximum Gasteiger partial charge on any atom is 0.223 e. The number of nitrogens with zero attached hydrogens (tertiary/aromatic N) is 1. The number of ether oxygens (including phenoxy) is 2. The molecule has 0 spiro atoms. The molecule has 1 unspecified atom stereocenters. The van der Waals surface area contributed by atoms with Gasteiger partial charge in [0.2, 0.25) is 5.91 Å². The van der Waals surface area contributed by atoms with Crippen molar-refractivity contribution in [3.05, 3.63) is 35.9 Å². The van der Waals surface area contributed by atoms with Crippen LogP contribution in [0.1, 0.15) is 18.4 Å². The Bertz CT molecular complexity index is 495. The third-order valence-corrected chi connectivity index (χ3v) is 4.86. The number of rotatable bonds is 6. The normalized spacial score (nSPS) is 23.1. The molecule has 2 saturated heterocycles. The van der Waals surface area contributed by atoms with Crippen LogP contribution in [-0.4, -0.2) is 62.9 Å². The zero-order valence-electron chi connectivity index (χ0n) is 14.3. The predicted molar refractivity (Wildman–Crippen MR) is 92.9 cm³/mol. The van der Waals surface area contributed by atoms with E-state index in [4.69, 9.17) is 9.47 Å². The van der Waals surface area contributed by atoms with Gasteiger partial charge >= 0.3 is 0 Å². The zero-order valence-corrected chi connectivity index (χ0v) is 14.3. The predicted octanol–water partition coefficient (Wildman–Crippen LogP) is 1.47. The average molecular weight is 332 g/mol. The fraction of sp³-hybridized carbons (Fsp3) is 0.632. The number of hydrogen-bond acceptors (Lipinski definition) is 4. The lowest BCUT2D eigenvalue weighted by molar-refractivity contribution is -0.127. The van der Waals surface area contributed by atoms with Crippen molar-refractivity contribution in [1.29, 1.82) is 0 Å². The number of hydrogen-bond donors (Lipinski definition) is 1. The van der Waals surface area contributed by atoms with E-state index >= 15 is 0 Å². The first-order chi connectivity index (χ1) is 11.8. The molecular weight excluding hydrogens is 304 g/mol. The lowest BCUT2D eigenvalue weighted by atomic mass is 9.95. The van der Waals surface area contributed by atoms with E-state index < -0.39 is 0 Å². The largest absolute Gasteiger partial charge is 0.376 e. The fourth-order valence-electron chi connectivity index (χ4n) is 3.43. The van der Waals surface area contributed by atoms with Gasteiger partial charge in [-0.2, -0.15) is 0 Å². The molecule has 0 saturated carbocycles. The van der Waals surface area contributed by atoms with Crippen LogP contribution >= 0.6 is 0 Å². The van der Waals surface area contributed by atoms with Gasteiger partial charge in [-0.3, -0.25) is 4.79 Å². The number of carbonyl (C=O) groups is 1. The van der Waals surface area contributed by atoms with Crippen LogP contribution in [0.4, 0.5) is 0 Å². The van der Waals surface area contributed by atoms with Crippen LogP contribution in [0.15, 0.2) is 30.3 Å². The highest BCUT2D eigenvalue weighted by molar-refractivity contribution is 5.78. The summed E-state index contributed by atoms with van der Waals surface area (Å²) in [6.07, 6.45) is 2.95. The molecule has 2 aliphatic heterocycles. The Hall–Kier alpha value is -1.43. The van der Waals surface area contributed by atoms with Crippen molar-refractivity contribution in [2.45, 2.75) is 25.4 Å². The summed E-state index contributed by atoms with van der Waals surface area (Å²) < 4.78 is 11.2. The number of nitrogens with one attached hydrogen (secondary N) is 1. The monoisotopic (exact) mass is 332 g/mol. The minimum absolute atomic E-state index is 0.153. The van der Waals surface area contributed by atoms with Gasteiger partial charge in [-0.1, -0.05) is 30.3 Å². The molecule has 0 bridgehead atoms. The fourth-order valence-corrected chi connectivity index (χ4v) is 3.43. The Morgan fingerprint density at radius 2 is 1.96 bits per heavy atom. The number of carbonyl (C=O) groups excluding carboxylic acids is 1. The lowest BCUT2D eigenvalue weighted by Crippen LogP contribution is -2.45. The van der Waals surface area contributed by atoms with Gasteiger partial charge in [0, 0.05) is 19.0 Å². The topological polar surface area (TPSA) is 50.8 Å². The molecule has 2 aliphatic rings. The molecule has 1 N–H and O–H groups in total. The van der Waals surface area contributed by atoms with E-state index in [1.54, 1.807) is 0 Å². The highest BCUT2D eigenvalue weighted by atomic mass is 16.6. The molecule has 1 amide bonds. The van der Waals surface area contributed by atoms with E-state index in [9.17, 15) is 4.79 Å². The minimum Gasteiger partial charge on any atom is -0.376 e. The molecule has 1 atom stereocenters. The summed E-state index contributed by atoms with van der Waals surface area (Å²) in [6, 6.07) is 10.3. The van der Waals surface area contributed by atoms with Gasteiger partial charge < -0.3 is 19.7 Å². The van der Waals surface area contributed by atoms with Gasteiger partial charge in [-0.15, -0.1) is 0 Å². The lowest BCUT2D eigenvalue weighted by Gasteiger charge is -2.34. The summed E-state index contributed by atoms with van der Waals surface area (Å²) in [4.78, 5) is 14.7. The molecule has 0 aromatic heterocycles.